The normalized spacial score (nSPS) is 16.6. The summed E-state index contributed by atoms with van der Waals surface area (Å²) in [5.41, 5.74) is 3.39. The molecule has 1 aliphatic heterocycles. The summed E-state index contributed by atoms with van der Waals surface area (Å²) in [6.07, 6.45) is 1.82. The summed E-state index contributed by atoms with van der Waals surface area (Å²) in [6, 6.07) is 11.8. The predicted octanol–water partition coefficient (Wildman–Crippen LogP) is 2.99. The second-order valence-electron chi connectivity index (χ2n) is 7.37. The Morgan fingerprint density at radius 2 is 1.78 bits per heavy atom. The molecule has 144 valence electrons. The lowest BCUT2D eigenvalue weighted by atomic mass is 10.0. The number of rotatable bonds is 5. The summed E-state index contributed by atoms with van der Waals surface area (Å²) in [7, 11) is 3.93. The Kier molecular flexibility index (Phi) is 6.47. The molecule has 0 saturated carbocycles. The van der Waals surface area contributed by atoms with Gasteiger partial charge in [0.15, 0.2) is 0 Å². The highest BCUT2D eigenvalue weighted by atomic mass is 35.5. The van der Waals surface area contributed by atoms with E-state index < -0.39 is 0 Å². The van der Waals surface area contributed by atoms with Crippen molar-refractivity contribution in [3.8, 4) is 0 Å². The number of benzene rings is 1. The van der Waals surface area contributed by atoms with E-state index >= 15 is 0 Å². The van der Waals surface area contributed by atoms with Crippen molar-refractivity contribution < 1.29 is 4.79 Å². The molecule has 0 spiro atoms. The lowest BCUT2D eigenvalue weighted by Gasteiger charge is -2.37. The molecule has 6 heteroatoms. The predicted molar refractivity (Wildman–Crippen MR) is 109 cm³/mol. The number of halogens is 1. The minimum atomic E-state index is -0.238. The van der Waals surface area contributed by atoms with Gasteiger partial charge in [0, 0.05) is 38.9 Å². The van der Waals surface area contributed by atoms with Gasteiger partial charge in [0.05, 0.1) is 0 Å². The maximum atomic E-state index is 13.2. The molecule has 2 aromatic rings. The number of piperazine rings is 1. The number of amides is 1. The van der Waals surface area contributed by atoms with Crippen molar-refractivity contribution >= 4 is 17.5 Å². The van der Waals surface area contributed by atoms with E-state index in [1.807, 2.05) is 42.2 Å². The Labute approximate surface area is 166 Å². The van der Waals surface area contributed by atoms with Crippen LogP contribution in [-0.4, -0.2) is 65.9 Å². The molecule has 1 aromatic carbocycles. The maximum Gasteiger partial charge on any atom is 0.244 e. The molecule has 1 atom stereocenters. The van der Waals surface area contributed by atoms with Gasteiger partial charge in [-0.2, -0.15) is 0 Å². The lowest BCUT2D eigenvalue weighted by Crippen LogP contribution is -2.51. The van der Waals surface area contributed by atoms with Gasteiger partial charge in [-0.3, -0.25) is 14.6 Å². The van der Waals surface area contributed by atoms with E-state index in [1.165, 1.54) is 5.56 Å². The third-order valence-corrected chi connectivity index (χ3v) is 5.25. The van der Waals surface area contributed by atoms with Crippen LogP contribution in [0.25, 0.3) is 0 Å². The third kappa shape index (κ3) is 5.06. The first kappa shape index (κ1) is 19.8. The van der Waals surface area contributed by atoms with Crippen molar-refractivity contribution in [1.29, 1.82) is 0 Å². The van der Waals surface area contributed by atoms with Gasteiger partial charge in [-0.05, 0) is 38.2 Å². The van der Waals surface area contributed by atoms with E-state index in [-0.39, 0.29) is 11.9 Å². The summed E-state index contributed by atoms with van der Waals surface area (Å²) in [4.78, 5) is 23.6. The topological polar surface area (TPSA) is 39.7 Å². The summed E-state index contributed by atoms with van der Waals surface area (Å²) in [6.45, 7) is 6.11. The monoisotopic (exact) mass is 386 g/mol. The smallest absolute Gasteiger partial charge is 0.244 e. The Morgan fingerprint density at radius 3 is 2.33 bits per heavy atom. The molecule has 3 rings (SSSR count). The highest BCUT2D eigenvalue weighted by Gasteiger charge is 2.30. The molecular formula is C21H27ClN4O. The Bertz CT molecular complexity index is 753. The molecule has 1 aromatic heterocycles. The van der Waals surface area contributed by atoms with Crippen LogP contribution in [0.1, 0.15) is 22.7 Å². The molecule has 5 nitrogen and oxygen atoms in total. The highest BCUT2D eigenvalue weighted by molar-refractivity contribution is 6.29. The van der Waals surface area contributed by atoms with Gasteiger partial charge in [-0.15, -0.1) is 0 Å². The van der Waals surface area contributed by atoms with E-state index in [1.54, 1.807) is 0 Å². The Morgan fingerprint density at radius 1 is 1.11 bits per heavy atom. The van der Waals surface area contributed by atoms with Gasteiger partial charge >= 0.3 is 0 Å². The standard InChI is InChI=1S/C21H27ClN4O/c1-16-4-7-18(8-5-16)20(24(2)3)21(27)26-12-10-25(11-13-26)15-17-6-9-19(22)23-14-17/h4-9,14,20H,10-13,15H2,1-3H3. The van der Waals surface area contributed by atoms with Crippen LogP contribution in [0.2, 0.25) is 5.15 Å². The van der Waals surface area contributed by atoms with E-state index in [0.717, 1.165) is 43.9 Å². The fraction of sp³-hybridized carbons (Fsp3) is 0.429. The Hall–Kier alpha value is -1.95. The summed E-state index contributed by atoms with van der Waals surface area (Å²) < 4.78 is 0. The molecule has 0 N–H and O–H groups in total. The number of aromatic nitrogens is 1. The zero-order valence-corrected chi connectivity index (χ0v) is 17.0. The fourth-order valence-electron chi connectivity index (χ4n) is 3.47. The summed E-state index contributed by atoms with van der Waals surface area (Å²) in [5.74, 6) is 0.177. The number of hydrogen-bond donors (Lipinski definition) is 0. The van der Waals surface area contributed by atoms with Crippen LogP contribution in [0.3, 0.4) is 0 Å². The molecular weight excluding hydrogens is 360 g/mol. The van der Waals surface area contributed by atoms with Crippen molar-refractivity contribution in [3.63, 3.8) is 0 Å². The first-order chi connectivity index (χ1) is 12.9. The highest BCUT2D eigenvalue weighted by Crippen LogP contribution is 2.22. The van der Waals surface area contributed by atoms with Gasteiger partial charge in [0.1, 0.15) is 11.2 Å². The zero-order valence-electron chi connectivity index (χ0n) is 16.2. The maximum absolute atomic E-state index is 13.2. The van der Waals surface area contributed by atoms with Crippen molar-refractivity contribution in [2.45, 2.75) is 19.5 Å². The quantitative estimate of drug-likeness (QED) is 0.740. The second-order valence-corrected chi connectivity index (χ2v) is 7.75. The number of aryl methyl sites for hydroxylation is 1. The Balaban J connectivity index is 1.60. The average Bonchev–Trinajstić information content (AvgIpc) is 2.65. The zero-order chi connectivity index (χ0) is 19.4. The average molecular weight is 387 g/mol. The van der Waals surface area contributed by atoms with E-state index in [2.05, 4.69) is 41.1 Å². The molecule has 27 heavy (non-hydrogen) atoms. The third-order valence-electron chi connectivity index (χ3n) is 5.02. The van der Waals surface area contributed by atoms with Crippen LogP contribution < -0.4 is 0 Å². The van der Waals surface area contributed by atoms with Gasteiger partial charge in [0.25, 0.3) is 0 Å². The van der Waals surface area contributed by atoms with Crippen LogP contribution in [0.4, 0.5) is 0 Å². The number of likely N-dealkylation sites (N-methyl/N-ethyl adjacent to an activating group) is 1. The summed E-state index contributed by atoms with van der Waals surface area (Å²) >= 11 is 5.85. The van der Waals surface area contributed by atoms with Crippen LogP contribution in [-0.2, 0) is 11.3 Å². The van der Waals surface area contributed by atoms with Crippen LogP contribution in [0.15, 0.2) is 42.6 Å². The van der Waals surface area contributed by atoms with E-state index in [4.69, 9.17) is 11.6 Å². The minimum Gasteiger partial charge on any atom is -0.338 e. The first-order valence-corrected chi connectivity index (χ1v) is 9.66. The molecule has 2 heterocycles. The molecule has 0 radical (unpaired) electrons. The summed E-state index contributed by atoms with van der Waals surface area (Å²) in [5, 5.41) is 0.514. The number of nitrogens with zero attached hydrogens (tertiary/aromatic N) is 4. The van der Waals surface area contributed by atoms with Crippen molar-refractivity contribution in [1.82, 2.24) is 19.7 Å². The fourth-order valence-corrected chi connectivity index (χ4v) is 3.58. The number of hydrogen-bond acceptors (Lipinski definition) is 4. The SMILES string of the molecule is Cc1ccc(C(C(=O)N2CCN(Cc3ccc(Cl)nc3)CC2)N(C)C)cc1. The molecule has 1 saturated heterocycles. The number of carbonyl (C=O) groups is 1. The van der Waals surface area contributed by atoms with Gasteiger partial charge in [-0.1, -0.05) is 47.5 Å². The largest absolute Gasteiger partial charge is 0.338 e. The van der Waals surface area contributed by atoms with Crippen molar-refractivity contribution in [2.75, 3.05) is 40.3 Å². The number of carbonyl (C=O) groups excluding carboxylic acids is 1. The molecule has 1 fully saturated rings. The minimum absolute atomic E-state index is 0.177. The van der Waals surface area contributed by atoms with Gasteiger partial charge < -0.3 is 4.90 Å². The molecule has 0 aliphatic carbocycles. The van der Waals surface area contributed by atoms with Gasteiger partial charge in [-0.25, -0.2) is 4.98 Å². The molecule has 1 amide bonds. The van der Waals surface area contributed by atoms with Gasteiger partial charge in [0.2, 0.25) is 5.91 Å². The first-order valence-electron chi connectivity index (χ1n) is 9.28. The van der Waals surface area contributed by atoms with Crippen LogP contribution in [0, 0.1) is 6.92 Å². The van der Waals surface area contributed by atoms with Crippen LogP contribution >= 0.6 is 11.6 Å². The van der Waals surface area contributed by atoms with Crippen LogP contribution in [0.5, 0.6) is 0 Å². The van der Waals surface area contributed by atoms with E-state index in [9.17, 15) is 4.79 Å². The number of pyridine rings is 1. The van der Waals surface area contributed by atoms with Crippen molar-refractivity contribution in [3.05, 3.63) is 64.4 Å². The molecule has 0 bridgehead atoms. The lowest BCUT2D eigenvalue weighted by molar-refractivity contribution is -0.138. The van der Waals surface area contributed by atoms with Crippen molar-refractivity contribution in [2.24, 2.45) is 0 Å². The molecule has 1 aliphatic rings. The second kappa shape index (κ2) is 8.83. The molecule has 1 unspecified atom stereocenters. The van der Waals surface area contributed by atoms with E-state index in [0.29, 0.717) is 5.15 Å².